The Labute approximate surface area is 143 Å². The Morgan fingerprint density at radius 2 is 2.00 bits per heavy atom. The van der Waals surface area contributed by atoms with E-state index in [2.05, 4.69) is 0 Å². The van der Waals surface area contributed by atoms with Crippen molar-refractivity contribution in [1.82, 2.24) is 4.90 Å². The highest BCUT2D eigenvalue weighted by molar-refractivity contribution is 5.78. The summed E-state index contributed by atoms with van der Waals surface area (Å²) in [5.74, 6) is 1.38. The average Bonchev–Trinajstić information content (AvgIpc) is 3.26. The van der Waals surface area contributed by atoms with Crippen LogP contribution in [0.2, 0.25) is 0 Å². The molecule has 5 nitrogen and oxygen atoms in total. The molecule has 1 saturated carbocycles. The molecule has 1 N–H and O–H groups in total. The van der Waals surface area contributed by atoms with E-state index in [9.17, 15) is 9.90 Å². The Balaban J connectivity index is 1.66. The smallest absolute Gasteiger partial charge is 0.248 e. The lowest BCUT2D eigenvalue weighted by Crippen LogP contribution is -2.49. The number of aliphatic hydroxyl groups is 1. The summed E-state index contributed by atoms with van der Waals surface area (Å²) in [7, 11) is 1.62. The molecule has 1 aliphatic heterocycles. The van der Waals surface area contributed by atoms with Gasteiger partial charge < -0.3 is 19.5 Å². The zero-order valence-electron chi connectivity index (χ0n) is 14.5. The minimum atomic E-state index is -1.09. The van der Waals surface area contributed by atoms with E-state index in [-0.39, 0.29) is 18.6 Å². The summed E-state index contributed by atoms with van der Waals surface area (Å²) in [5, 5.41) is 11.1. The Bertz CT molecular complexity index is 565. The molecule has 1 aromatic rings. The molecule has 1 aliphatic carbocycles. The molecule has 132 valence electrons. The predicted molar refractivity (Wildman–Crippen MR) is 90.8 cm³/mol. The molecule has 0 spiro atoms. The van der Waals surface area contributed by atoms with Crippen LogP contribution in [0.1, 0.15) is 38.2 Å². The Hall–Kier alpha value is -1.59. The van der Waals surface area contributed by atoms with Gasteiger partial charge in [0.2, 0.25) is 5.91 Å². The van der Waals surface area contributed by atoms with E-state index >= 15 is 0 Å². The molecule has 3 rings (SSSR count). The molecule has 1 saturated heterocycles. The quantitative estimate of drug-likeness (QED) is 0.832. The van der Waals surface area contributed by atoms with Crippen molar-refractivity contribution in [2.45, 2.75) is 44.2 Å². The predicted octanol–water partition coefficient (Wildman–Crippen LogP) is 2.32. The normalized spacial score (nSPS) is 23.1. The molecule has 24 heavy (non-hydrogen) atoms. The molecule has 5 heteroatoms. The lowest BCUT2D eigenvalue weighted by molar-refractivity contribution is -0.142. The maximum absolute atomic E-state index is 12.5. The number of carbonyl (C=O) groups excluding carboxylic acids is 1. The first-order valence-corrected chi connectivity index (χ1v) is 8.76. The number of rotatable bonds is 7. The van der Waals surface area contributed by atoms with Gasteiger partial charge in [-0.25, -0.2) is 0 Å². The van der Waals surface area contributed by atoms with Crippen LogP contribution in [0.5, 0.6) is 5.75 Å². The lowest BCUT2D eigenvalue weighted by atomic mass is 9.86. The third-order valence-corrected chi connectivity index (χ3v) is 5.17. The second kappa shape index (κ2) is 7.11. The standard InChI is InChI=1S/C19H27NO4/c1-19(22,15-7-9-16(23-2)10-8-15)17-4-3-11-20(17)18(21)13-24-12-14-5-6-14/h7-10,14,17,22H,3-6,11-13H2,1-2H3/t17-,19-/m0/s1. The van der Waals surface area contributed by atoms with Gasteiger partial charge in [-0.15, -0.1) is 0 Å². The molecule has 1 heterocycles. The molecular weight excluding hydrogens is 306 g/mol. The van der Waals surface area contributed by atoms with Crippen LogP contribution in [-0.2, 0) is 15.1 Å². The van der Waals surface area contributed by atoms with E-state index in [1.165, 1.54) is 12.8 Å². The fraction of sp³-hybridized carbons (Fsp3) is 0.632. The van der Waals surface area contributed by atoms with Crippen molar-refractivity contribution < 1.29 is 19.4 Å². The van der Waals surface area contributed by atoms with Crippen LogP contribution in [0.15, 0.2) is 24.3 Å². The number of nitrogens with zero attached hydrogens (tertiary/aromatic N) is 1. The fourth-order valence-electron chi connectivity index (χ4n) is 3.45. The highest BCUT2D eigenvalue weighted by Crippen LogP contribution is 2.35. The van der Waals surface area contributed by atoms with Gasteiger partial charge in [0, 0.05) is 6.54 Å². The number of benzene rings is 1. The molecule has 2 fully saturated rings. The molecule has 1 aromatic carbocycles. The zero-order chi connectivity index (χ0) is 17.2. The van der Waals surface area contributed by atoms with Crippen molar-refractivity contribution in [3.05, 3.63) is 29.8 Å². The SMILES string of the molecule is COc1ccc([C@](C)(O)[C@@H]2CCCN2C(=O)COCC2CC2)cc1. The van der Waals surface area contributed by atoms with Crippen LogP contribution in [0.3, 0.4) is 0 Å². The highest BCUT2D eigenvalue weighted by Gasteiger charge is 2.42. The van der Waals surface area contributed by atoms with E-state index in [1.807, 2.05) is 24.3 Å². The molecule has 0 bridgehead atoms. The largest absolute Gasteiger partial charge is 0.497 e. The van der Waals surface area contributed by atoms with Crippen LogP contribution in [-0.4, -0.2) is 48.8 Å². The summed E-state index contributed by atoms with van der Waals surface area (Å²) in [6.45, 7) is 3.27. The monoisotopic (exact) mass is 333 g/mol. The molecule has 1 amide bonds. The van der Waals surface area contributed by atoms with Crippen molar-refractivity contribution in [2.75, 3.05) is 26.9 Å². The topological polar surface area (TPSA) is 59.0 Å². The summed E-state index contributed by atoms with van der Waals surface area (Å²) < 4.78 is 10.7. The van der Waals surface area contributed by atoms with Gasteiger partial charge in [0.05, 0.1) is 19.8 Å². The van der Waals surface area contributed by atoms with E-state index < -0.39 is 5.60 Å². The number of hydrogen-bond donors (Lipinski definition) is 1. The molecule has 0 radical (unpaired) electrons. The molecular formula is C19H27NO4. The first kappa shape index (κ1) is 17.2. The van der Waals surface area contributed by atoms with E-state index in [0.29, 0.717) is 19.1 Å². The minimum Gasteiger partial charge on any atom is -0.497 e. The van der Waals surface area contributed by atoms with Gasteiger partial charge >= 0.3 is 0 Å². The van der Waals surface area contributed by atoms with Gasteiger partial charge in [0.1, 0.15) is 18.0 Å². The maximum Gasteiger partial charge on any atom is 0.248 e. The molecule has 0 aromatic heterocycles. The summed E-state index contributed by atoms with van der Waals surface area (Å²) >= 11 is 0. The van der Waals surface area contributed by atoms with Crippen LogP contribution in [0.25, 0.3) is 0 Å². The summed E-state index contributed by atoms with van der Waals surface area (Å²) in [4.78, 5) is 14.3. The molecule has 2 aliphatic rings. The summed E-state index contributed by atoms with van der Waals surface area (Å²) in [6, 6.07) is 7.18. The third kappa shape index (κ3) is 3.73. The van der Waals surface area contributed by atoms with Crippen molar-refractivity contribution >= 4 is 5.91 Å². The van der Waals surface area contributed by atoms with Crippen molar-refractivity contribution in [3.8, 4) is 5.75 Å². The van der Waals surface area contributed by atoms with Gasteiger partial charge in [-0.2, -0.15) is 0 Å². The van der Waals surface area contributed by atoms with Crippen molar-refractivity contribution in [2.24, 2.45) is 5.92 Å². The second-order valence-corrected chi connectivity index (χ2v) is 7.08. The first-order valence-electron chi connectivity index (χ1n) is 8.76. The first-order chi connectivity index (χ1) is 11.5. The highest BCUT2D eigenvalue weighted by atomic mass is 16.5. The van der Waals surface area contributed by atoms with Crippen LogP contribution >= 0.6 is 0 Å². The summed E-state index contributed by atoms with van der Waals surface area (Å²) in [6.07, 6.45) is 4.14. The number of carbonyl (C=O) groups is 1. The van der Waals surface area contributed by atoms with Gasteiger partial charge in [0.15, 0.2) is 0 Å². The summed E-state index contributed by atoms with van der Waals surface area (Å²) in [5.41, 5.74) is -0.290. The Kier molecular flexibility index (Phi) is 5.11. The van der Waals surface area contributed by atoms with E-state index in [0.717, 1.165) is 24.2 Å². The van der Waals surface area contributed by atoms with Gasteiger partial charge in [0.25, 0.3) is 0 Å². The van der Waals surface area contributed by atoms with E-state index in [1.54, 1.807) is 18.9 Å². The second-order valence-electron chi connectivity index (χ2n) is 7.08. The lowest BCUT2D eigenvalue weighted by Gasteiger charge is -2.37. The van der Waals surface area contributed by atoms with Gasteiger partial charge in [-0.3, -0.25) is 4.79 Å². The number of methoxy groups -OCH3 is 1. The number of ether oxygens (including phenoxy) is 2. The molecule has 0 unspecified atom stereocenters. The van der Waals surface area contributed by atoms with Crippen LogP contribution < -0.4 is 4.74 Å². The fourth-order valence-corrected chi connectivity index (χ4v) is 3.45. The van der Waals surface area contributed by atoms with E-state index in [4.69, 9.17) is 9.47 Å². The average molecular weight is 333 g/mol. The number of hydrogen-bond acceptors (Lipinski definition) is 4. The number of likely N-dealkylation sites (tertiary alicyclic amines) is 1. The van der Waals surface area contributed by atoms with Gasteiger partial charge in [-0.05, 0) is 56.2 Å². The Morgan fingerprint density at radius 3 is 2.62 bits per heavy atom. The van der Waals surface area contributed by atoms with Crippen molar-refractivity contribution in [1.29, 1.82) is 0 Å². The third-order valence-electron chi connectivity index (χ3n) is 5.17. The molecule has 2 atom stereocenters. The van der Waals surface area contributed by atoms with Gasteiger partial charge in [-0.1, -0.05) is 12.1 Å². The van der Waals surface area contributed by atoms with Crippen LogP contribution in [0.4, 0.5) is 0 Å². The van der Waals surface area contributed by atoms with Crippen molar-refractivity contribution in [3.63, 3.8) is 0 Å². The van der Waals surface area contributed by atoms with Crippen LogP contribution in [0, 0.1) is 5.92 Å². The Morgan fingerprint density at radius 1 is 1.29 bits per heavy atom. The minimum absolute atomic E-state index is 0.0214. The zero-order valence-corrected chi connectivity index (χ0v) is 14.5. The maximum atomic E-state index is 12.5. The number of amides is 1.